The minimum Gasteiger partial charge on any atom is -0.306 e. The van der Waals surface area contributed by atoms with E-state index < -0.39 is 7.60 Å². The first-order valence-electron chi connectivity index (χ1n) is 6.80. The third kappa shape index (κ3) is 3.48. The van der Waals surface area contributed by atoms with Crippen molar-refractivity contribution >= 4 is 7.60 Å². The topological polar surface area (TPSA) is 48.0 Å². The summed E-state index contributed by atoms with van der Waals surface area (Å²) in [6.45, 7) is 6.19. The number of allylic oxidation sites excluding steroid dienone is 1. The molecule has 0 spiro atoms. The SMILES string of the molecule is CCOP(=O)(/C=C(\C)N1O[C@H]2C=C[C@@H]1CC2)OCC. The molecular formula is C13H22NO4P. The zero-order valence-electron chi connectivity index (χ0n) is 11.7. The number of fused-ring (bicyclic) bond motifs is 2. The molecule has 2 atom stereocenters. The molecule has 3 aliphatic rings. The largest absolute Gasteiger partial charge is 0.355 e. The van der Waals surface area contributed by atoms with Crippen molar-refractivity contribution in [2.24, 2.45) is 0 Å². The van der Waals surface area contributed by atoms with Gasteiger partial charge in [0.2, 0.25) is 0 Å². The highest BCUT2D eigenvalue weighted by molar-refractivity contribution is 7.57. The first-order chi connectivity index (χ1) is 9.08. The fourth-order valence-electron chi connectivity index (χ4n) is 2.39. The number of hydrogen-bond acceptors (Lipinski definition) is 5. The van der Waals surface area contributed by atoms with Gasteiger partial charge in [-0.15, -0.1) is 0 Å². The molecule has 108 valence electrons. The molecule has 2 heterocycles. The van der Waals surface area contributed by atoms with E-state index in [0.717, 1.165) is 18.5 Å². The van der Waals surface area contributed by atoms with E-state index in [1.807, 2.05) is 12.0 Å². The molecule has 2 bridgehead atoms. The summed E-state index contributed by atoms with van der Waals surface area (Å²) in [5.41, 5.74) is 0.782. The Balaban J connectivity index is 2.13. The Bertz CT molecular complexity index is 411. The molecule has 0 aromatic heterocycles. The van der Waals surface area contributed by atoms with Crippen LogP contribution in [0.5, 0.6) is 0 Å². The third-order valence-corrected chi connectivity index (χ3v) is 5.08. The van der Waals surface area contributed by atoms with E-state index >= 15 is 0 Å². The first-order valence-corrected chi connectivity index (χ1v) is 8.41. The quantitative estimate of drug-likeness (QED) is 0.553. The molecule has 0 N–H and O–H groups in total. The van der Waals surface area contributed by atoms with Gasteiger partial charge in [-0.1, -0.05) is 12.2 Å². The van der Waals surface area contributed by atoms with E-state index in [1.165, 1.54) is 0 Å². The van der Waals surface area contributed by atoms with Gasteiger partial charge < -0.3 is 9.05 Å². The summed E-state index contributed by atoms with van der Waals surface area (Å²) in [6.07, 6.45) is 6.45. The van der Waals surface area contributed by atoms with Crippen molar-refractivity contribution in [3.63, 3.8) is 0 Å². The van der Waals surface area contributed by atoms with Crippen molar-refractivity contribution in [1.29, 1.82) is 0 Å². The van der Waals surface area contributed by atoms with Crippen LogP contribution in [0.25, 0.3) is 0 Å². The average molecular weight is 287 g/mol. The molecule has 0 saturated carbocycles. The number of rotatable bonds is 6. The highest BCUT2D eigenvalue weighted by Gasteiger charge is 2.32. The normalized spacial score (nSPS) is 27.1. The summed E-state index contributed by atoms with van der Waals surface area (Å²) in [7, 11) is -3.17. The zero-order chi connectivity index (χ0) is 13.9. The molecule has 6 heteroatoms. The Hall–Kier alpha value is -0.610. The lowest BCUT2D eigenvalue weighted by molar-refractivity contribution is -0.209. The monoisotopic (exact) mass is 287 g/mol. The summed E-state index contributed by atoms with van der Waals surface area (Å²) in [4.78, 5) is 5.80. The Morgan fingerprint density at radius 2 is 2.05 bits per heavy atom. The standard InChI is InChI=1S/C13H22NO4P/c1-4-16-19(15,17-5-2)10-11(3)14-12-6-8-13(18-14)9-7-12/h6,8,10,12-13H,4-5,7,9H2,1-3H3/b11-10+/t12-,13+/m1/s1. The van der Waals surface area contributed by atoms with E-state index in [1.54, 1.807) is 19.7 Å². The molecule has 1 fully saturated rings. The predicted octanol–water partition coefficient (Wildman–Crippen LogP) is 3.45. The molecule has 1 saturated heterocycles. The Labute approximate surface area is 114 Å². The maximum absolute atomic E-state index is 12.5. The summed E-state index contributed by atoms with van der Waals surface area (Å²) >= 11 is 0. The van der Waals surface area contributed by atoms with Crippen molar-refractivity contribution in [1.82, 2.24) is 5.06 Å². The van der Waals surface area contributed by atoms with Crippen molar-refractivity contribution in [3.05, 3.63) is 23.7 Å². The van der Waals surface area contributed by atoms with Gasteiger partial charge in [0.15, 0.2) is 0 Å². The number of hydrogen-bond donors (Lipinski definition) is 0. The Morgan fingerprint density at radius 3 is 2.47 bits per heavy atom. The van der Waals surface area contributed by atoms with Gasteiger partial charge in [0.1, 0.15) is 6.10 Å². The van der Waals surface area contributed by atoms with Crippen LogP contribution in [0.2, 0.25) is 0 Å². The van der Waals surface area contributed by atoms with Crippen LogP contribution in [0.3, 0.4) is 0 Å². The maximum atomic E-state index is 12.5. The van der Waals surface area contributed by atoms with E-state index in [-0.39, 0.29) is 12.1 Å². The number of nitrogens with zero attached hydrogens (tertiary/aromatic N) is 1. The maximum Gasteiger partial charge on any atom is 0.355 e. The van der Waals surface area contributed by atoms with Crippen molar-refractivity contribution in [2.45, 2.75) is 45.8 Å². The highest BCUT2D eigenvalue weighted by Crippen LogP contribution is 2.51. The van der Waals surface area contributed by atoms with E-state index in [2.05, 4.69) is 12.2 Å². The Kier molecular flexibility index (Phi) is 4.85. The van der Waals surface area contributed by atoms with Gasteiger partial charge in [-0.05, 0) is 33.6 Å². The minimum atomic E-state index is -3.17. The molecule has 0 radical (unpaired) electrons. The molecule has 0 aromatic carbocycles. The van der Waals surface area contributed by atoms with Crippen LogP contribution in [0.15, 0.2) is 23.7 Å². The van der Waals surface area contributed by atoms with Crippen LogP contribution in [-0.4, -0.2) is 30.4 Å². The fourth-order valence-corrected chi connectivity index (χ4v) is 3.90. The predicted molar refractivity (Wildman–Crippen MR) is 73.5 cm³/mol. The lowest BCUT2D eigenvalue weighted by Crippen LogP contribution is -2.44. The van der Waals surface area contributed by atoms with Crippen molar-refractivity contribution < 1.29 is 18.5 Å². The van der Waals surface area contributed by atoms with Crippen LogP contribution in [0.1, 0.15) is 33.6 Å². The van der Waals surface area contributed by atoms with E-state index in [9.17, 15) is 4.57 Å². The lowest BCUT2D eigenvalue weighted by Gasteiger charge is -2.42. The van der Waals surface area contributed by atoms with Gasteiger partial charge in [0, 0.05) is 11.5 Å². The molecular weight excluding hydrogens is 265 g/mol. The van der Waals surface area contributed by atoms with Crippen molar-refractivity contribution in [2.75, 3.05) is 13.2 Å². The first kappa shape index (κ1) is 14.8. The minimum absolute atomic E-state index is 0.131. The average Bonchev–Trinajstić information content (AvgIpc) is 2.40. The summed E-state index contributed by atoms with van der Waals surface area (Å²) in [5, 5.41) is 1.82. The van der Waals surface area contributed by atoms with Gasteiger partial charge in [0.05, 0.1) is 19.3 Å². The van der Waals surface area contributed by atoms with E-state index in [0.29, 0.717) is 13.2 Å². The summed E-state index contributed by atoms with van der Waals surface area (Å²) in [5.74, 6) is 1.56. The smallest absolute Gasteiger partial charge is 0.306 e. The van der Waals surface area contributed by atoms with Gasteiger partial charge in [-0.3, -0.25) is 14.5 Å². The van der Waals surface area contributed by atoms with Crippen LogP contribution < -0.4 is 0 Å². The zero-order valence-corrected chi connectivity index (χ0v) is 12.6. The van der Waals surface area contributed by atoms with Crippen LogP contribution in [0, 0.1) is 0 Å². The molecule has 0 amide bonds. The second-order valence-electron chi connectivity index (χ2n) is 4.65. The molecule has 2 aliphatic heterocycles. The lowest BCUT2D eigenvalue weighted by atomic mass is 9.98. The third-order valence-electron chi connectivity index (χ3n) is 3.16. The van der Waals surface area contributed by atoms with Gasteiger partial charge in [-0.2, -0.15) is 0 Å². The molecule has 0 aromatic rings. The molecule has 0 unspecified atom stereocenters. The van der Waals surface area contributed by atoms with Crippen molar-refractivity contribution in [3.8, 4) is 0 Å². The fraction of sp³-hybridized carbons (Fsp3) is 0.692. The van der Waals surface area contributed by atoms with Crippen LogP contribution >= 0.6 is 7.60 Å². The summed E-state index contributed by atoms with van der Waals surface area (Å²) in [6, 6.07) is 0.220. The van der Waals surface area contributed by atoms with E-state index in [4.69, 9.17) is 13.9 Å². The Morgan fingerprint density at radius 1 is 1.37 bits per heavy atom. The summed E-state index contributed by atoms with van der Waals surface area (Å²) < 4.78 is 23.0. The van der Waals surface area contributed by atoms with Crippen LogP contribution in [0.4, 0.5) is 0 Å². The van der Waals surface area contributed by atoms with Gasteiger partial charge in [-0.25, -0.2) is 0 Å². The molecule has 1 aliphatic carbocycles. The molecule has 3 rings (SSSR count). The second-order valence-corrected chi connectivity index (χ2v) is 6.50. The second kappa shape index (κ2) is 6.23. The number of hydroxylamine groups is 2. The van der Waals surface area contributed by atoms with Gasteiger partial charge in [0.25, 0.3) is 0 Å². The molecule has 5 nitrogen and oxygen atoms in total. The van der Waals surface area contributed by atoms with Crippen LogP contribution in [-0.2, 0) is 18.5 Å². The molecule has 19 heavy (non-hydrogen) atoms. The highest BCUT2D eigenvalue weighted by atomic mass is 31.2. The van der Waals surface area contributed by atoms with Gasteiger partial charge >= 0.3 is 7.60 Å².